The first kappa shape index (κ1) is 16.8. The highest BCUT2D eigenvalue weighted by Crippen LogP contribution is 2.22. The zero-order valence-corrected chi connectivity index (χ0v) is 14.6. The summed E-state index contributed by atoms with van der Waals surface area (Å²) in [5, 5.41) is 6.45. The molecule has 3 rings (SSSR count). The molecule has 0 saturated carbocycles. The lowest BCUT2D eigenvalue weighted by atomic mass is 10.3. The monoisotopic (exact) mass is 362 g/mol. The molecule has 0 unspecified atom stereocenters. The molecule has 1 aromatic carbocycles. The molecule has 0 aliphatic carbocycles. The Bertz CT molecular complexity index is 802. The van der Waals surface area contributed by atoms with Crippen LogP contribution in [-0.2, 0) is 10.0 Å². The van der Waals surface area contributed by atoms with E-state index in [1.54, 1.807) is 36.7 Å². The summed E-state index contributed by atoms with van der Waals surface area (Å²) in [6.45, 7) is 1.20. The maximum absolute atomic E-state index is 12.5. The standard InChI is InChI=1S/C16H18N4O2S2/c21-24(22,20-10-1-2-11-20)15-7-5-13(6-8-15)18-16(23)19-14-4-3-9-17-12-14/h3-9,12H,1-2,10-11H2,(H2,18,19,23). The quantitative estimate of drug-likeness (QED) is 0.815. The van der Waals surface area contributed by atoms with Crippen LogP contribution in [0.1, 0.15) is 12.8 Å². The number of hydrogen-bond acceptors (Lipinski definition) is 4. The fourth-order valence-electron chi connectivity index (χ4n) is 2.52. The second-order valence-electron chi connectivity index (χ2n) is 5.46. The van der Waals surface area contributed by atoms with E-state index in [-0.39, 0.29) is 0 Å². The van der Waals surface area contributed by atoms with Crippen LogP contribution in [0.15, 0.2) is 53.7 Å². The summed E-state index contributed by atoms with van der Waals surface area (Å²) in [5.41, 5.74) is 1.50. The van der Waals surface area contributed by atoms with E-state index >= 15 is 0 Å². The molecule has 0 atom stereocenters. The first-order valence-corrected chi connectivity index (χ1v) is 9.49. The van der Waals surface area contributed by atoms with Crippen molar-refractivity contribution in [3.63, 3.8) is 0 Å². The van der Waals surface area contributed by atoms with Crippen molar-refractivity contribution in [2.24, 2.45) is 0 Å². The third-order valence-electron chi connectivity index (χ3n) is 3.73. The van der Waals surface area contributed by atoms with E-state index in [9.17, 15) is 8.42 Å². The third kappa shape index (κ3) is 3.89. The highest BCUT2D eigenvalue weighted by molar-refractivity contribution is 7.89. The highest BCUT2D eigenvalue weighted by atomic mass is 32.2. The van der Waals surface area contributed by atoms with E-state index in [1.165, 1.54) is 4.31 Å². The van der Waals surface area contributed by atoms with Crippen LogP contribution < -0.4 is 10.6 Å². The minimum absolute atomic E-state index is 0.307. The van der Waals surface area contributed by atoms with Crippen molar-refractivity contribution >= 4 is 38.7 Å². The van der Waals surface area contributed by atoms with E-state index in [0.717, 1.165) is 24.2 Å². The molecule has 0 amide bonds. The third-order valence-corrected chi connectivity index (χ3v) is 5.85. The van der Waals surface area contributed by atoms with Gasteiger partial charge in [-0.15, -0.1) is 0 Å². The van der Waals surface area contributed by atoms with Gasteiger partial charge in [-0.2, -0.15) is 4.31 Å². The van der Waals surface area contributed by atoms with Crippen LogP contribution in [0.5, 0.6) is 0 Å². The number of sulfonamides is 1. The van der Waals surface area contributed by atoms with Gasteiger partial charge in [0.05, 0.1) is 16.8 Å². The van der Waals surface area contributed by atoms with Crippen molar-refractivity contribution in [1.82, 2.24) is 9.29 Å². The summed E-state index contributed by atoms with van der Waals surface area (Å²) in [7, 11) is -3.38. The Hall–Kier alpha value is -2.03. The average molecular weight is 362 g/mol. The lowest BCUT2D eigenvalue weighted by molar-refractivity contribution is 0.477. The SMILES string of the molecule is O=S(=O)(c1ccc(NC(=S)Nc2cccnc2)cc1)N1CCCC1. The molecule has 2 heterocycles. The van der Waals surface area contributed by atoms with Crippen molar-refractivity contribution < 1.29 is 8.42 Å². The normalized spacial score (nSPS) is 15.2. The van der Waals surface area contributed by atoms with Crippen LogP contribution in [0.4, 0.5) is 11.4 Å². The summed E-state index contributed by atoms with van der Waals surface area (Å²) >= 11 is 5.24. The second kappa shape index (κ2) is 7.25. The fourth-order valence-corrected chi connectivity index (χ4v) is 4.27. The predicted octanol–water partition coefficient (Wildman–Crippen LogP) is 2.68. The average Bonchev–Trinajstić information content (AvgIpc) is 3.11. The summed E-state index contributed by atoms with van der Waals surface area (Å²) < 4.78 is 26.5. The van der Waals surface area contributed by atoms with Crippen molar-refractivity contribution in [1.29, 1.82) is 0 Å². The number of nitrogens with zero attached hydrogens (tertiary/aromatic N) is 2. The van der Waals surface area contributed by atoms with Gasteiger partial charge in [0.15, 0.2) is 5.11 Å². The lowest BCUT2D eigenvalue weighted by Crippen LogP contribution is -2.27. The summed E-state index contributed by atoms with van der Waals surface area (Å²) in [6.07, 6.45) is 5.20. The van der Waals surface area contributed by atoms with Gasteiger partial charge in [0.25, 0.3) is 0 Å². The number of nitrogens with one attached hydrogen (secondary N) is 2. The zero-order chi connectivity index (χ0) is 17.0. The van der Waals surface area contributed by atoms with Crippen LogP contribution in [0.3, 0.4) is 0 Å². The molecule has 1 saturated heterocycles. The second-order valence-corrected chi connectivity index (χ2v) is 7.80. The van der Waals surface area contributed by atoms with Gasteiger partial charge >= 0.3 is 0 Å². The minimum atomic E-state index is -3.38. The lowest BCUT2D eigenvalue weighted by Gasteiger charge is -2.16. The van der Waals surface area contributed by atoms with Crippen LogP contribution in [0.25, 0.3) is 0 Å². The molecular formula is C16H18N4O2S2. The number of anilines is 2. The molecule has 0 bridgehead atoms. The molecule has 1 aliphatic rings. The van der Waals surface area contributed by atoms with Gasteiger partial charge in [-0.05, 0) is 61.5 Å². The van der Waals surface area contributed by atoms with Crippen LogP contribution in [-0.4, -0.2) is 35.9 Å². The molecule has 8 heteroatoms. The topological polar surface area (TPSA) is 74.3 Å². The Morgan fingerprint density at radius 3 is 2.33 bits per heavy atom. The molecule has 6 nitrogen and oxygen atoms in total. The number of thiocarbonyl (C=S) groups is 1. The molecule has 24 heavy (non-hydrogen) atoms. The minimum Gasteiger partial charge on any atom is -0.332 e. The van der Waals surface area contributed by atoms with Crippen LogP contribution in [0, 0.1) is 0 Å². The molecule has 0 spiro atoms. The number of aromatic nitrogens is 1. The Balaban J connectivity index is 1.65. The number of rotatable bonds is 4. The summed E-state index contributed by atoms with van der Waals surface area (Å²) in [6, 6.07) is 10.3. The smallest absolute Gasteiger partial charge is 0.243 e. The van der Waals surface area contributed by atoms with Gasteiger partial charge in [-0.3, -0.25) is 4.98 Å². The van der Waals surface area contributed by atoms with Crippen molar-refractivity contribution in [2.45, 2.75) is 17.7 Å². The van der Waals surface area contributed by atoms with Crippen LogP contribution in [0.2, 0.25) is 0 Å². The molecular weight excluding hydrogens is 344 g/mol. The van der Waals surface area contributed by atoms with Crippen LogP contribution >= 0.6 is 12.2 Å². The van der Waals surface area contributed by atoms with Crippen molar-refractivity contribution in [3.05, 3.63) is 48.8 Å². The van der Waals surface area contributed by atoms with Gasteiger partial charge in [-0.1, -0.05) is 0 Å². The predicted molar refractivity (Wildman–Crippen MR) is 98.5 cm³/mol. The first-order chi connectivity index (χ1) is 11.6. The van der Waals surface area contributed by atoms with E-state index in [4.69, 9.17) is 12.2 Å². The van der Waals surface area contributed by atoms with E-state index in [0.29, 0.717) is 23.1 Å². The van der Waals surface area contributed by atoms with Gasteiger partial charge in [-0.25, -0.2) is 8.42 Å². The largest absolute Gasteiger partial charge is 0.332 e. The van der Waals surface area contributed by atoms with Crippen molar-refractivity contribution in [3.8, 4) is 0 Å². The fraction of sp³-hybridized carbons (Fsp3) is 0.250. The zero-order valence-electron chi connectivity index (χ0n) is 13.0. The molecule has 2 aromatic rings. The van der Waals surface area contributed by atoms with Crippen molar-refractivity contribution in [2.75, 3.05) is 23.7 Å². The van der Waals surface area contributed by atoms with Gasteiger partial charge < -0.3 is 10.6 Å². The van der Waals surface area contributed by atoms with Gasteiger partial charge in [0.2, 0.25) is 10.0 Å². The van der Waals surface area contributed by atoms with E-state index in [1.807, 2.05) is 12.1 Å². The highest BCUT2D eigenvalue weighted by Gasteiger charge is 2.26. The summed E-state index contributed by atoms with van der Waals surface area (Å²) in [4.78, 5) is 4.31. The van der Waals surface area contributed by atoms with Gasteiger partial charge in [0, 0.05) is 25.0 Å². The Morgan fingerprint density at radius 1 is 1.04 bits per heavy atom. The molecule has 0 radical (unpaired) electrons. The number of hydrogen-bond donors (Lipinski definition) is 2. The van der Waals surface area contributed by atoms with E-state index in [2.05, 4.69) is 15.6 Å². The van der Waals surface area contributed by atoms with E-state index < -0.39 is 10.0 Å². The summed E-state index contributed by atoms with van der Waals surface area (Å²) in [5.74, 6) is 0. The Kier molecular flexibility index (Phi) is 5.08. The number of benzene rings is 1. The first-order valence-electron chi connectivity index (χ1n) is 7.64. The number of pyridine rings is 1. The molecule has 126 valence electrons. The molecule has 1 aromatic heterocycles. The maximum atomic E-state index is 12.5. The van der Waals surface area contributed by atoms with Gasteiger partial charge in [0.1, 0.15) is 0 Å². The Morgan fingerprint density at radius 2 is 1.71 bits per heavy atom. The molecule has 1 aliphatic heterocycles. The Labute approximate surface area is 147 Å². The maximum Gasteiger partial charge on any atom is 0.243 e. The molecule has 1 fully saturated rings. The molecule has 2 N–H and O–H groups in total.